The fourth-order valence-electron chi connectivity index (χ4n) is 2.35. The lowest BCUT2D eigenvalue weighted by molar-refractivity contribution is 0.406. The van der Waals surface area contributed by atoms with Crippen molar-refractivity contribution in [2.24, 2.45) is 5.73 Å². The summed E-state index contributed by atoms with van der Waals surface area (Å²) in [5, 5.41) is 0. The minimum atomic E-state index is 0.0676. The van der Waals surface area contributed by atoms with Gasteiger partial charge in [0.2, 0.25) is 0 Å². The highest BCUT2D eigenvalue weighted by atomic mass is 16.5. The van der Waals surface area contributed by atoms with E-state index < -0.39 is 0 Å². The largest absolute Gasteiger partial charge is 0.496 e. The molecule has 0 spiro atoms. The number of aryl methyl sites for hydroxylation is 1. The zero-order valence-electron chi connectivity index (χ0n) is 8.84. The molecule has 0 unspecified atom stereocenters. The number of fused-ring (bicyclic) bond motifs is 1. The van der Waals surface area contributed by atoms with E-state index in [2.05, 4.69) is 6.07 Å². The van der Waals surface area contributed by atoms with Gasteiger partial charge in [-0.3, -0.25) is 0 Å². The Hall–Kier alpha value is -1.02. The molecule has 2 heteroatoms. The van der Waals surface area contributed by atoms with Gasteiger partial charge in [-0.1, -0.05) is 6.07 Å². The molecule has 0 amide bonds. The number of hydrogen-bond acceptors (Lipinski definition) is 2. The molecule has 0 aromatic heterocycles. The minimum Gasteiger partial charge on any atom is -0.496 e. The van der Waals surface area contributed by atoms with Crippen molar-refractivity contribution in [1.29, 1.82) is 0 Å². The highest BCUT2D eigenvalue weighted by Gasteiger charge is 2.20. The normalized spacial score (nSPS) is 16.5. The number of benzene rings is 1. The molecule has 0 saturated carbocycles. The van der Waals surface area contributed by atoms with Crippen molar-refractivity contribution >= 4 is 0 Å². The molecular weight excluding hydrogens is 174 g/mol. The van der Waals surface area contributed by atoms with E-state index in [4.69, 9.17) is 10.5 Å². The van der Waals surface area contributed by atoms with E-state index in [-0.39, 0.29) is 6.04 Å². The molecule has 2 N–H and O–H groups in total. The van der Waals surface area contributed by atoms with Crippen molar-refractivity contribution < 1.29 is 4.74 Å². The second-order valence-corrected chi connectivity index (χ2v) is 3.96. The summed E-state index contributed by atoms with van der Waals surface area (Å²) in [5.41, 5.74) is 10.1. The summed E-state index contributed by atoms with van der Waals surface area (Å²) in [6, 6.07) is 4.29. The van der Waals surface area contributed by atoms with Gasteiger partial charge in [-0.25, -0.2) is 0 Å². The summed E-state index contributed by atoms with van der Waals surface area (Å²) >= 11 is 0. The van der Waals surface area contributed by atoms with Gasteiger partial charge in [-0.2, -0.15) is 0 Å². The van der Waals surface area contributed by atoms with Crippen LogP contribution in [0.3, 0.4) is 0 Å². The van der Waals surface area contributed by atoms with E-state index in [0.29, 0.717) is 0 Å². The molecule has 0 fully saturated rings. The summed E-state index contributed by atoms with van der Waals surface area (Å²) in [4.78, 5) is 0. The van der Waals surface area contributed by atoms with Crippen LogP contribution in [0.4, 0.5) is 0 Å². The smallest absolute Gasteiger partial charge is 0.123 e. The van der Waals surface area contributed by atoms with Crippen LogP contribution in [-0.4, -0.2) is 7.11 Å². The van der Waals surface area contributed by atoms with Crippen molar-refractivity contribution in [1.82, 2.24) is 0 Å². The first-order chi connectivity index (χ1) is 6.74. The van der Waals surface area contributed by atoms with Crippen LogP contribution >= 0.6 is 0 Å². The van der Waals surface area contributed by atoms with Gasteiger partial charge in [0.1, 0.15) is 5.75 Å². The predicted octanol–water partition coefficient (Wildman–Crippen LogP) is 2.20. The van der Waals surface area contributed by atoms with Gasteiger partial charge in [0, 0.05) is 11.6 Å². The standard InChI is InChI=1S/C12H17NO/c1-8(13)12-10-5-3-4-9(10)6-7-11(12)14-2/h6-8H,3-5,13H2,1-2H3/t8-/m1/s1. The Kier molecular flexibility index (Phi) is 2.46. The third kappa shape index (κ3) is 1.40. The molecule has 2 rings (SSSR count). The van der Waals surface area contributed by atoms with Gasteiger partial charge in [0.15, 0.2) is 0 Å². The Morgan fingerprint density at radius 2 is 2.14 bits per heavy atom. The van der Waals surface area contributed by atoms with Crippen LogP contribution in [0.5, 0.6) is 5.75 Å². The molecule has 0 radical (unpaired) electrons. The Balaban J connectivity index is 2.56. The Bertz CT molecular complexity index is 344. The maximum atomic E-state index is 5.98. The molecule has 76 valence electrons. The number of rotatable bonds is 2. The van der Waals surface area contributed by atoms with Gasteiger partial charge in [0.05, 0.1) is 7.11 Å². The predicted molar refractivity (Wildman–Crippen MR) is 57.6 cm³/mol. The fourth-order valence-corrected chi connectivity index (χ4v) is 2.35. The molecule has 1 aliphatic carbocycles. The number of methoxy groups -OCH3 is 1. The number of ether oxygens (including phenoxy) is 1. The first-order valence-corrected chi connectivity index (χ1v) is 5.18. The van der Waals surface area contributed by atoms with Crippen molar-refractivity contribution in [2.75, 3.05) is 7.11 Å². The van der Waals surface area contributed by atoms with Crippen molar-refractivity contribution in [2.45, 2.75) is 32.2 Å². The summed E-state index contributed by atoms with van der Waals surface area (Å²) in [6.45, 7) is 2.02. The molecular formula is C12H17NO. The van der Waals surface area contributed by atoms with E-state index in [1.807, 2.05) is 13.0 Å². The monoisotopic (exact) mass is 191 g/mol. The van der Waals surface area contributed by atoms with Crippen LogP contribution in [0.2, 0.25) is 0 Å². The second-order valence-electron chi connectivity index (χ2n) is 3.96. The van der Waals surface area contributed by atoms with E-state index in [9.17, 15) is 0 Å². The second kappa shape index (κ2) is 3.62. The molecule has 0 saturated heterocycles. The van der Waals surface area contributed by atoms with Gasteiger partial charge < -0.3 is 10.5 Å². The molecule has 0 heterocycles. The average Bonchev–Trinajstić information content (AvgIpc) is 2.62. The van der Waals surface area contributed by atoms with Crippen molar-refractivity contribution in [3.63, 3.8) is 0 Å². The fraction of sp³-hybridized carbons (Fsp3) is 0.500. The topological polar surface area (TPSA) is 35.2 Å². The Morgan fingerprint density at radius 3 is 2.79 bits per heavy atom. The lowest BCUT2D eigenvalue weighted by atomic mass is 9.97. The lowest BCUT2D eigenvalue weighted by Crippen LogP contribution is -2.10. The van der Waals surface area contributed by atoms with Crippen molar-refractivity contribution in [3.05, 3.63) is 28.8 Å². The molecule has 0 aliphatic heterocycles. The Labute approximate surface area is 85.1 Å². The molecule has 14 heavy (non-hydrogen) atoms. The number of hydrogen-bond donors (Lipinski definition) is 1. The van der Waals surface area contributed by atoms with Crippen molar-refractivity contribution in [3.8, 4) is 5.75 Å². The summed E-state index contributed by atoms with van der Waals surface area (Å²) in [5.74, 6) is 0.945. The molecule has 1 atom stereocenters. The summed E-state index contributed by atoms with van der Waals surface area (Å²) in [6.07, 6.45) is 3.60. The van der Waals surface area contributed by atoms with Crippen LogP contribution in [-0.2, 0) is 12.8 Å². The molecule has 1 aromatic carbocycles. The van der Waals surface area contributed by atoms with Crippen LogP contribution < -0.4 is 10.5 Å². The maximum absolute atomic E-state index is 5.98. The zero-order chi connectivity index (χ0) is 10.1. The molecule has 1 aliphatic rings. The van der Waals surface area contributed by atoms with E-state index >= 15 is 0 Å². The highest BCUT2D eigenvalue weighted by molar-refractivity contribution is 5.48. The van der Waals surface area contributed by atoms with Crippen LogP contribution in [0.15, 0.2) is 12.1 Å². The first kappa shape index (κ1) is 9.53. The van der Waals surface area contributed by atoms with Crippen LogP contribution in [0, 0.1) is 0 Å². The van der Waals surface area contributed by atoms with Gasteiger partial charge >= 0.3 is 0 Å². The first-order valence-electron chi connectivity index (χ1n) is 5.18. The average molecular weight is 191 g/mol. The third-order valence-electron chi connectivity index (χ3n) is 2.96. The highest BCUT2D eigenvalue weighted by Crippen LogP contribution is 2.34. The lowest BCUT2D eigenvalue weighted by Gasteiger charge is -2.16. The zero-order valence-corrected chi connectivity index (χ0v) is 8.84. The summed E-state index contributed by atoms with van der Waals surface area (Å²) < 4.78 is 5.35. The maximum Gasteiger partial charge on any atom is 0.123 e. The Morgan fingerprint density at radius 1 is 1.36 bits per heavy atom. The quantitative estimate of drug-likeness (QED) is 0.777. The van der Waals surface area contributed by atoms with E-state index in [1.165, 1.54) is 29.5 Å². The van der Waals surface area contributed by atoms with Gasteiger partial charge in [0.25, 0.3) is 0 Å². The summed E-state index contributed by atoms with van der Waals surface area (Å²) in [7, 11) is 1.71. The SMILES string of the molecule is COc1ccc2c(c1[C@@H](C)N)CCC2. The number of nitrogens with two attached hydrogens (primary N) is 1. The minimum absolute atomic E-state index is 0.0676. The van der Waals surface area contributed by atoms with Crippen LogP contribution in [0.25, 0.3) is 0 Å². The van der Waals surface area contributed by atoms with Gasteiger partial charge in [-0.05, 0) is 43.4 Å². The van der Waals surface area contributed by atoms with E-state index in [1.54, 1.807) is 7.11 Å². The molecule has 1 aromatic rings. The molecule has 2 nitrogen and oxygen atoms in total. The third-order valence-corrected chi connectivity index (χ3v) is 2.96. The van der Waals surface area contributed by atoms with Gasteiger partial charge in [-0.15, -0.1) is 0 Å². The van der Waals surface area contributed by atoms with E-state index in [0.717, 1.165) is 12.2 Å². The molecule has 0 bridgehead atoms. The van der Waals surface area contributed by atoms with Crippen LogP contribution in [0.1, 0.15) is 36.1 Å².